The van der Waals surface area contributed by atoms with Gasteiger partial charge in [-0.25, -0.2) is 0 Å². The van der Waals surface area contributed by atoms with E-state index in [0.29, 0.717) is 0 Å². The topological polar surface area (TPSA) is 0 Å². The Kier molecular flexibility index (Phi) is 3.33. The molecule has 0 atom stereocenters. The summed E-state index contributed by atoms with van der Waals surface area (Å²) in [4.78, 5) is 0. The molecule has 0 bridgehead atoms. The predicted octanol–water partition coefficient (Wildman–Crippen LogP) is 4.88. The fourth-order valence-corrected chi connectivity index (χ4v) is 2.53. The summed E-state index contributed by atoms with van der Waals surface area (Å²) < 4.78 is 1.36. The van der Waals surface area contributed by atoms with Gasteiger partial charge >= 0.3 is 0 Å². The lowest BCUT2D eigenvalue weighted by Gasteiger charge is -2.11. The van der Waals surface area contributed by atoms with Gasteiger partial charge in [-0.15, -0.1) is 0 Å². The molecule has 82 valence electrons. The standard InChI is InChI=1S/C15H15I/c1-10-7-8-11(2)14(9-10)13-6-4-5-12(3)15(13)16/h4-9H,1-3H3. The van der Waals surface area contributed by atoms with Gasteiger partial charge in [0.15, 0.2) is 0 Å². The predicted molar refractivity (Wildman–Crippen MR) is 78.8 cm³/mol. The highest BCUT2D eigenvalue weighted by Gasteiger charge is 2.07. The maximum Gasteiger partial charge on any atom is 0.0238 e. The Labute approximate surface area is 111 Å². The lowest BCUT2D eigenvalue weighted by Crippen LogP contribution is -1.90. The van der Waals surface area contributed by atoms with Crippen LogP contribution in [0.5, 0.6) is 0 Å². The molecule has 0 N–H and O–H groups in total. The van der Waals surface area contributed by atoms with Crippen molar-refractivity contribution in [3.63, 3.8) is 0 Å². The number of aryl methyl sites for hydroxylation is 3. The fraction of sp³-hybridized carbons (Fsp3) is 0.200. The van der Waals surface area contributed by atoms with E-state index in [1.807, 2.05) is 0 Å². The monoisotopic (exact) mass is 322 g/mol. The minimum Gasteiger partial charge on any atom is -0.0613 e. The molecule has 2 rings (SSSR count). The van der Waals surface area contributed by atoms with E-state index in [1.165, 1.54) is 31.4 Å². The summed E-state index contributed by atoms with van der Waals surface area (Å²) in [5.74, 6) is 0. The minimum atomic E-state index is 1.32. The molecule has 2 aromatic rings. The average Bonchev–Trinajstić information content (AvgIpc) is 2.26. The van der Waals surface area contributed by atoms with Gasteiger partial charge in [-0.3, -0.25) is 0 Å². The molecule has 0 spiro atoms. The summed E-state index contributed by atoms with van der Waals surface area (Å²) in [5.41, 5.74) is 6.71. The van der Waals surface area contributed by atoms with Gasteiger partial charge in [0.1, 0.15) is 0 Å². The molecule has 1 heteroatoms. The first-order valence-corrected chi connectivity index (χ1v) is 6.50. The Balaban J connectivity index is 2.67. The highest BCUT2D eigenvalue weighted by molar-refractivity contribution is 14.1. The second-order valence-electron chi connectivity index (χ2n) is 4.25. The van der Waals surface area contributed by atoms with Crippen molar-refractivity contribution in [2.24, 2.45) is 0 Å². The summed E-state index contributed by atoms with van der Waals surface area (Å²) in [6.07, 6.45) is 0. The van der Waals surface area contributed by atoms with E-state index in [-0.39, 0.29) is 0 Å². The van der Waals surface area contributed by atoms with Crippen molar-refractivity contribution in [1.82, 2.24) is 0 Å². The number of benzene rings is 2. The molecule has 0 saturated heterocycles. The highest BCUT2D eigenvalue weighted by atomic mass is 127. The second kappa shape index (κ2) is 4.58. The molecule has 0 nitrogen and oxygen atoms in total. The third kappa shape index (κ3) is 2.14. The Bertz CT molecular complexity index is 527. The molecule has 0 aromatic heterocycles. The van der Waals surface area contributed by atoms with E-state index in [2.05, 4.69) is 79.8 Å². The SMILES string of the molecule is Cc1ccc(C)c(-c2cccc(C)c2I)c1. The number of hydrogen-bond donors (Lipinski definition) is 0. The van der Waals surface area contributed by atoms with Gasteiger partial charge in [0, 0.05) is 3.57 Å². The number of halogens is 1. The molecule has 16 heavy (non-hydrogen) atoms. The molecule has 0 radical (unpaired) electrons. The van der Waals surface area contributed by atoms with Gasteiger partial charge in [-0.2, -0.15) is 0 Å². The molecular weight excluding hydrogens is 307 g/mol. The van der Waals surface area contributed by atoms with Crippen LogP contribution >= 0.6 is 22.6 Å². The van der Waals surface area contributed by atoms with Gasteiger partial charge in [-0.1, -0.05) is 42.0 Å². The molecule has 0 amide bonds. The molecule has 0 unspecified atom stereocenters. The van der Waals surface area contributed by atoms with Crippen LogP contribution in [0.25, 0.3) is 11.1 Å². The third-order valence-electron chi connectivity index (χ3n) is 2.88. The van der Waals surface area contributed by atoms with Crippen LogP contribution in [0, 0.1) is 24.3 Å². The first-order chi connectivity index (χ1) is 7.59. The molecular formula is C15H15I. The van der Waals surface area contributed by atoms with Gasteiger partial charge in [0.2, 0.25) is 0 Å². The Morgan fingerprint density at radius 1 is 0.812 bits per heavy atom. The zero-order chi connectivity index (χ0) is 11.7. The van der Waals surface area contributed by atoms with Crippen LogP contribution in [0.3, 0.4) is 0 Å². The van der Waals surface area contributed by atoms with E-state index in [1.54, 1.807) is 0 Å². The van der Waals surface area contributed by atoms with Crippen LogP contribution in [0.1, 0.15) is 16.7 Å². The van der Waals surface area contributed by atoms with E-state index in [4.69, 9.17) is 0 Å². The maximum absolute atomic E-state index is 2.44. The van der Waals surface area contributed by atoms with Gasteiger partial charge in [-0.05, 0) is 65.6 Å². The van der Waals surface area contributed by atoms with Crippen molar-refractivity contribution < 1.29 is 0 Å². The van der Waals surface area contributed by atoms with Gasteiger partial charge in [0.25, 0.3) is 0 Å². The van der Waals surface area contributed by atoms with Crippen LogP contribution in [0.2, 0.25) is 0 Å². The van der Waals surface area contributed by atoms with Crippen molar-refractivity contribution in [2.75, 3.05) is 0 Å². The van der Waals surface area contributed by atoms with Crippen molar-refractivity contribution >= 4 is 22.6 Å². The minimum absolute atomic E-state index is 1.32. The van der Waals surface area contributed by atoms with E-state index in [9.17, 15) is 0 Å². The second-order valence-corrected chi connectivity index (χ2v) is 5.33. The average molecular weight is 322 g/mol. The molecule has 0 aliphatic rings. The van der Waals surface area contributed by atoms with Crippen molar-refractivity contribution in [3.8, 4) is 11.1 Å². The lowest BCUT2D eigenvalue weighted by molar-refractivity contribution is 1.36. The first kappa shape index (κ1) is 11.6. The molecule has 2 aromatic carbocycles. The molecule has 0 fully saturated rings. The van der Waals surface area contributed by atoms with Crippen molar-refractivity contribution in [1.29, 1.82) is 0 Å². The van der Waals surface area contributed by atoms with Crippen molar-refractivity contribution in [2.45, 2.75) is 20.8 Å². The fourth-order valence-electron chi connectivity index (χ4n) is 1.88. The van der Waals surface area contributed by atoms with Crippen LogP contribution in [0.15, 0.2) is 36.4 Å². The van der Waals surface area contributed by atoms with E-state index < -0.39 is 0 Å². The zero-order valence-corrected chi connectivity index (χ0v) is 12.0. The Morgan fingerprint density at radius 2 is 1.56 bits per heavy atom. The third-order valence-corrected chi connectivity index (χ3v) is 4.31. The van der Waals surface area contributed by atoms with Gasteiger partial charge in [0.05, 0.1) is 0 Å². The summed E-state index contributed by atoms with van der Waals surface area (Å²) in [5, 5.41) is 0. The highest BCUT2D eigenvalue weighted by Crippen LogP contribution is 2.30. The maximum atomic E-state index is 2.44. The smallest absolute Gasteiger partial charge is 0.0238 e. The summed E-state index contributed by atoms with van der Waals surface area (Å²) in [6.45, 7) is 6.48. The van der Waals surface area contributed by atoms with Crippen LogP contribution < -0.4 is 0 Å². The Morgan fingerprint density at radius 3 is 2.31 bits per heavy atom. The summed E-state index contributed by atoms with van der Waals surface area (Å²) in [6, 6.07) is 13.1. The molecule has 0 aliphatic heterocycles. The van der Waals surface area contributed by atoms with Crippen molar-refractivity contribution in [3.05, 3.63) is 56.7 Å². The van der Waals surface area contributed by atoms with E-state index >= 15 is 0 Å². The van der Waals surface area contributed by atoms with Crippen LogP contribution in [0.4, 0.5) is 0 Å². The normalized spacial score (nSPS) is 10.5. The lowest BCUT2D eigenvalue weighted by atomic mass is 9.97. The zero-order valence-electron chi connectivity index (χ0n) is 9.84. The molecule has 0 saturated carbocycles. The number of rotatable bonds is 1. The summed E-state index contributed by atoms with van der Waals surface area (Å²) in [7, 11) is 0. The first-order valence-electron chi connectivity index (χ1n) is 5.42. The Hall–Kier alpha value is -0.830. The molecule has 0 heterocycles. The van der Waals surface area contributed by atoms with Crippen LogP contribution in [-0.2, 0) is 0 Å². The molecule has 0 aliphatic carbocycles. The quantitative estimate of drug-likeness (QED) is 0.656. The largest absolute Gasteiger partial charge is 0.0613 e. The number of hydrogen-bond acceptors (Lipinski definition) is 0. The van der Waals surface area contributed by atoms with Crippen LogP contribution in [-0.4, -0.2) is 0 Å². The van der Waals surface area contributed by atoms with E-state index in [0.717, 1.165) is 0 Å². The summed E-state index contributed by atoms with van der Waals surface area (Å²) >= 11 is 2.44. The van der Waals surface area contributed by atoms with Gasteiger partial charge < -0.3 is 0 Å².